The summed E-state index contributed by atoms with van der Waals surface area (Å²) in [5, 5.41) is 1.44. The van der Waals surface area contributed by atoms with Crippen molar-refractivity contribution in [2.75, 3.05) is 64.4 Å². The molecule has 11 nitrogen and oxygen atoms in total. The molecule has 44 heavy (non-hydrogen) atoms. The van der Waals surface area contributed by atoms with Gasteiger partial charge in [-0.15, -0.1) is 6.58 Å². The normalized spacial score (nSPS) is 15.6. The molecular weight excluding hydrogens is 607 g/mol. The number of benzene rings is 1. The van der Waals surface area contributed by atoms with E-state index in [9.17, 15) is 0 Å². The van der Waals surface area contributed by atoms with Crippen LogP contribution in [0.25, 0.3) is 22.3 Å². The predicted octanol–water partition coefficient (Wildman–Crippen LogP) is 5.94. The Morgan fingerprint density at radius 2 is 1.55 bits per heavy atom. The number of allylic oxidation sites excluding steroid dienone is 1. The average Bonchev–Trinajstić information content (AvgIpc) is 2.99. The van der Waals surface area contributed by atoms with Gasteiger partial charge in [0.05, 0.1) is 60.2 Å². The van der Waals surface area contributed by atoms with E-state index in [1.807, 2.05) is 20.8 Å². The highest BCUT2D eigenvalue weighted by molar-refractivity contribution is 6.41. The number of hydrogen-bond donors (Lipinski definition) is 2. The number of methoxy groups -OCH3 is 2. The molecule has 1 amide bonds. The molecule has 3 aliphatic heterocycles. The number of hydrogen-bond acceptors (Lipinski definition) is 10. The number of carbonyl (C=O) groups is 1. The summed E-state index contributed by atoms with van der Waals surface area (Å²) in [4.78, 5) is 24.5. The van der Waals surface area contributed by atoms with Crippen LogP contribution in [0.5, 0.6) is 11.5 Å². The number of halogens is 2. The van der Waals surface area contributed by atoms with Crippen molar-refractivity contribution >= 4 is 52.2 Å². The van der Waals surface area contributed by atoms with E-state index in [1.54, 1.807) is 24.4 Å². The Labute approximate surface area is 269 Å². The predicted molar refractivity (Wildman–Crippen MR) is 178 cm³/mol. The minimum absolute atomic E-state index is 0.213. The molecule has 1 spiro atoms. The maximum atomic E-state index is 8.58. The molecule has 13 heteroatoms. The molecule has 2 aromatic heterocycles. The quantitative estimate of drug-likeness (QED) is 0.257. The van der Waals surface area contributed by atoms with Crippen molar-refractivity contribution in [1.82, 2.24) is 15.0 Å². The second kappa shape index (κ2) is 18.4. The van der Waals surface area contributed by atoms with Crippen molar-refractivity contribution in [3.8, 4) is 22.9 Å². The monoisotopic (exact) mass is 650 g/mol. The van der Waals surface area contributed by atoms with Crippen LogP contribution >= 0.6 is 23.2 Å². The minimum Gasteiger partial charge on any atom is -0.495 e. The zero-order valence-electron chi connectivity index (χ0n) is 26.2. The van der Waals surface area contributed by atoms with E-state index in [2.05, 4.69) is 27.2 Å². The molecular formula is C31H44Cl2N6O5. The Morgan fingerprint density at radius 3 is 1.95 bits per heavy atom. The Kier molecular flexibility index (Phi) is 15.4. The molecule has 0 bridgehead atoms. The lowest BCUT2D eigenvalue weighted by molar-refractivity contribution is -0.127. The van der Waals surface area contributed by atoms with Crippen LogP contribution in [0.2, 0.25) is 10.0 Å². The highest BCUT2D eigenvalue weighted by Crippen LogP contribution is 2.47. The molecule has 3 aromatic rings. The fourth-order valence-electron chi connectivity index (χ4n) is 4.64. The van der Waals surface area contributed by atoms with Crippen LogP contribution in [-0.2, 0) is 14.3 Å². The lowest BCUT2D eigenvalue weighted by Crippen LogP contribution is -2.66. The fraction of sp³-hybridized carbons (Fsp3) is 0.484. The lowest BCUT2D eigenvalue weighted by atomic mass is 9.78. The van der Waals surface area contributed by atoms with Crippen molar-refractivity contribution in [2.45, 2.75) is 40.0 Å². The number of pyridine rings is 1. The van der Waals surface area contributed by atoms with Crippen LogP contribution in [0.3, 0.4) is 0 Å². The van der Waals surface area contributed by atoms with Crippen molar-refractivity contribution in [3.63, 3.8) is 0 Å². The SMILES string of the molecule is C1CCOCC1.C=CC.CC.COc1cc(OC)c(Cl)c(-c2nc(N3CC4(COC4)C3)c3cc(N)ncc3n2)c1Cl.NC=O. The molecule has 0 atom stereocenters. The second-order valence-corrected chi connectivity index (χ2v) is 10.6. The number of nitrogens with two attached hydrogens (primary N) is 2. The maximum absolute atomic E-state index is 8.58. The molecule has 4 N–H and O–H groups in total. The standard InChI is InChI=1S/C20H19Cl2N5O3.C5H10O.C3H6.C2H6.CH3NO/c1-28-12-4-13(29-2)17(22)15(16(12)21)18-25-11-5-24-14(23)3-10(11)19(26-18)27-6-20(7-27)8-30-9-20;1-2-4-6-5-3-1;1-3-2;1-2;2-1-3/h3-5H,6-9H2,1-2H3,(H2,23,24);1-5H2;3H,1H2,2H3;1-2H3;1H,(H2,2,3). The second-order valence-electron chi connectivity index (χ2n) is 9.85. The zero-order chi connectivity index (χ0) is 32.7. The largest absolute Gasteiger partial charge is 0.495 e. The first-order chi connectivity index (χ1) is 21.3. The third-order valence-electron chi connectivity index (χ3n) is 6.63. The van der Waals surface area contributed by atoms with Gasteiger partial charge in [0.1, 0.15) is 23.1 Å². The van der Waals surface area contributed by atoms with Gasteiger partial charge in [-0.25, -0.2) is 15.0 Å². The summed E-state index contributed by atoms with van der Waals surface area (Å²) >= 11 is 13.2. The van der Waals surface area contributed by atoms with Crippen molar-refractivity contribution in [3.05, 3.63) is 41.0 Å². The molecule has 0 radical (unpaired) electrons. The third-order valence-corrected chi connectivity index (χ3v) is 7.38. The first kappa shape index (κ1) is 36.8. The Morgan fingerprint density at radius 1 is 1.00 bits per heavy atom. The molecule has 1 aromatic carbocycles. The van der Waals surface area contributed by atoms with Gasteiger partial charge in [0.25, 0.3) is 0 Å². The number of fused-ring (bicyclic) bond motifs is 1. The summed E-state index contributed by atoms with van der Waals surface area (Å²) < 4.78 is 21.2. The van der Waals surface area contributed by atoms with Gasteiger partial charge >= 0.3 is 0 Å². The highest BCUT2D eigenvalue weighted by atomic mass is 35.5. The lowest BCUT2D eigenvalue weighted by Gasteiger charge is -2.55. The van der Waals surface area contributed by atoms with Gasteiger partial charge in [-0.1, -0.05) is 43.1 Å². The Hall–Kier alpha value is -3.38. The van der Waals surface area contributed by atoms with Crippen molar-refractivity contribution in [1.29, 1.82) is 0 Å². The zero-order valence-corrected chi connectivity index (χ0v) is 27.7. The van der Waals surface area contributed by atoms with E-state index in [0.29, 0.717) is 44.3 Å². The number of rotatable bonds is 4. The van der Waals surface area contributed by atoms with Gasteiger partial charge in [0.2, 0.25) is 6.41 Å². The summed E-state index contributed by atoms with van der Waals surface area (Å²) in [6.45, 7) is 14.5. The Bertz CT molecular complexity index is 1320. The summed E-state index contributed by atoms with van der Waals surface area (Å²) in [5.41, 5.74) is 11.4. The van der Waals surface area contributed by atoms with Gasteiger partial charge in [0, 0.05) is 37.8 Å². The number of nitrogen functional groups attached to an aromatic ring is 1. The number of carbonyl (C=O) groups excluding carboxylic acids is 1. The number of primary amides is 1. The van der Waals surface area contributed by atoms with Gasteiger partial charge < -0.3 is 35.3 Å². The summed E-state index contributed by atoms with van der Waals surface area (Å²) in [6.07, 6.45) is 7.56. The van der Waals surface area contributed by atoms with Crippen LogP contribution in [0.15, 0.2) is 31.0 Å². The first-order valence-electron chi connectivity index (χ1n) is 14.4. The number of amides is 1. The third kappa shape index (κ3) is 9.07. The summed E-state index contributed by atoms with van der Waals surface area (Å²) in [5.74, 6) is 2.37. The molecule has 3 fully saturated rings. The van der Waals surface area contributed by atoms with E-state index in [4.69, 9.17) is 57.7 Å². The Balaban J connectivity index is 0.000000406. The van der Waals surface area contributed by atoms with Gasteiger partial charge in [-0.2, -0.15) is 0 Å². The van der Waals surface area contributed by atoms with Crippen molar-refractivity contribution < 1.29 is 23.7 Å². The molecule has 242 valence electrons. The van der Waals surface area contributed by atoms with E-state index in [-0.39, 0.29) is 11.8 Å². The van der Waals surface area contributed by atoms with Gasteiger partial charge in [0.15, 0.2) is 5.82 Å². The topological polar surface area (TPSA) is 148 Å². The van der Waals surface area contributed by atoms with Gasteiger partial charge in [-0.05, 0) is 32.3 Å². The number of anilines is 2. The number of aromatic nitrogens is 3. The van der Waals surface area contributed by atoms with Gasteiger partial charge in [-0.3, -0.25) is 4.79 Å². The number of ether oxygens (including phenoxy) is 4. The van der Waals surface area contributed by atoms with Crippen LogP contribution in [0, 0.1) is 5.41 Å². The molecule has 0 aliphatic carbocycles. The fourth-order valence-corrected chi connectivity index (χ4v) is 5.31. The molecule has 0 unspecified atom stereocenters. The first-order valence-corrected chi connectivity index (χ1v) is 15.2. The summed E-state index contributed by atoms with van der Waals surface area (Å²) in [6, 6.07) is 3.42. The van der Waals surface area contributed by atoms with Crippen LogP contribution in [0.1, 0.15) is 40.0 Å². The maximum Gasteiger partial charge on any atom is 0.204 e. The molecule has 5 heterocycles. The van der Waals surface area contributed by atoms with E-state index >= 15 is 0 Å². The minimum atomic E-state index is 0.213. The molecule has 6 rings (SSSR count). The molecule has 0 saturated carbocycles. The van der Waals surface area contributed by atoms with E-state index in [0.717, 1.165) is 50.7 Å². The smallest absolute Gasteiger partial charge is 0.204 e. The van der Waals surface area contributed by atoms with E-state index in [1.165, 1.54) is 33.5 Å². The highest BCUT2D eigenvalue weighted by Gasteiger charge is 2.50. The summed E-state index contributed by atoms with van der Waals surface area (Å²) in [7, 11) is 3.05. The van der Waals surface area contributed by atoms with E-state index < -0.39 is 0 Å². The molecule has 3 saturated heterocycles. The van der Waals surface area contributed by atoms with Crippen LogP contribution in [-0.4, -0.2) is 75.1 Å². The van der Waals surface area contributed by atoms with Crippen LogP contribution in [0.4, 0.5) is 11.6 Å². The van der Waals surface area contributed by atoms with Crippen molar-refractivity contribution in [2.24, 2.45) is 11.1 Å². The average molecular weight is 652 g/mol. The van der Waals surface area contributed by atoms with Crippen LogP contribution < -0.4 is 25.8 Å². The molecule has 3 aliphatic rings. The number of nitrogens with zero attached hydrogens (tertiary/aromatic N) is 4.